The Morgan fingerprint density at radius 3 is 2.21 bits per heavy atom. The van der Waals surface area contributed by atoms with E-state index in [1.165, 1.54) is 5.56 Å². The van der Waals surface area contributed by atoms with E-state index in [1.807, 2.05) is 26.0 Å². The molecule has 0 aliphatic heterocycles. The lowest BCUT2D eigenvalue weighted by Gasteiger charge is -2.12. The van der Waals surface area contributed by atoms with E-state index >= 15 is 0 Å². The summed E-state index contributed by atoms with van der Waals surface area (Å²) >= 11 is 0. The van der Waals surface area contributed by atoms with Gasteiger partial charge in [0, 0.05) is 0 Å². The second-order valence-electron chi connectivity index (χ2n) is 2.86. The first-order valence-electron chi connectivity index (χ1n) is 5.17. The van der Waals surface area contributed by atoms with E-state index in [4.69, 9.17) is 4.52 Å². The monoisotopic (exact) mass is 212 g/mol. The standard InChI is InChI=1S/C10H15OP.C2H6/c1-4-9-7-5-6-8-10(9)11-12(2)3;1-2/h5-8H,4H2,1-3H3;1-2H3. The highest BCUT2D eigenvalue weighted by molar-refractivity contribution is 7.51. The van der Waals surface area contributed by atoms with Gasteiger partial charge in [0.1, 0.15) is 5.75 Å². The molecule has 0 saturated carbocycles. The van der Waals surface area contributed by atoms with Crippen LogP contribution in [0.3, 0.4) is 0 Å². The second-order valence-corrected chi connectivity index (χ2v) is 4.67. The summed E-state index contributed by atoms with van der Waals surface area (Å²) < 4.78 is 5.70. The minimum absolute atomic E-state index is 0.299. The fraction of sp³-hybridized carbons (Fsp3) is 0.500. The average molecular weight is 212 g/mol. The van der Waals surface area contributed by atoms with Crippen molar-refractivity contribution in [2.24, 2.45) is 0 Å². The molecule has 0 aliphatic rings. The van der Waals surface area contributed by atoms with Crippen molar-refractivity contribution in [1.29, 1.82) is 0 Å². The third kappa shape index (κ3) is 4.62. The Balaban J connectivity index is 0.000000791. The largest absolute Gasteiger partial charge is 0.474 e. The van der Waals surface area contributed by atoms with E-state index < -0.39 is 0 Å². The van der Waals surface area contributed by atoms with E-state index in [0.29, 0.717) is 0 Å². The first kappa shape index (κ1) is 13.4. The van der Waals surface area contributed by atoms with Gasteiger partial charge in [0.2, 0.25) is 0 Å². The number of aryl methyl sites for hydroxylation is 1. The Hall–Kier alpha value is -0.550. The molecule has 0 fully saturated rings. The smallest absolute Gasteiger partial charge is 0.126 e. The zero-order chi connectivity index (χ0) is 11.0. The molecular formula is C12H21OP. The van der Waals surface area contributed by atoms with Crippen LogP contribution in [0.1, 0.15) is 26.3 Å². The molecular weight excluding hydrogens is 191 g/mol. The topological polar surface area (TPSA) is 9.23 Å². The minimum Gasteiger partial charge on any atom is -0.474 e. The van der Waals surface area contributed by atoms with Gasteiger partial charge < -0.3 is 4.52 Å². The van der Waals surface area contributed by atoms with Crippen molar-refractivity contribution in [1.82, 2.24) is 0 Å². The van der Waals surface area contributed by atoms with E-state index in [9.17, 15) is 0 Å². The van der Waals surface area contributed by atoms with Crippen molar-refractivity contribution >= 4 is 8.15 Å². The van der Waals surface area contributed by atoms with E-state index in [2.05, 4.69) is 32.4 Å². The van der Waals surface area contributed by atoms with Gasteiger partial charge in [-0.2, -0.15) is 0 Å². The summed E-state index contributed by atoms with van der Waals surface area (Å²) in [7, 11) is -0.299. The van der Waals surface area contributed by atoms with Gasteiger partial charge in [-0.3, -0.25) is 0 Å². The summed E-state index contributed by atoms with van der Waals surface area (Å²) in [5.74, 6) is 1.05. The van der Waals surface area contributed by atoms with Gasteiger partial charge in [-0.1, -0.05) is 39.0 Å². The zero-order valence-corrected chi connectivity index (χ0v) is 10.8. The molecule has 0 spiro atoms. The summed E-state index contributed by atoms with van der Waals surface area (Å²) in [5, 5.41) is 0. The van der Waals surface area contributed by atoms with Gasteiger partial charge in [0.05, 0.1) is 8.15 Å². The van der Waals surface area contributed by atoms with Crippen LogP contribution in [0.2, 0.25) is 0 Å². The Kier molecular flexibility index (Phi) is 7.51. The third-order valence-electron chi connectivity index (χ3n) is 1.63. The Morgan fingerprint density at radius 2 is 1.71 bits per heavy atom. The van der Waals surface area contributed by atoms with Gasteiger partial charge in [0.15, 0.2) is 0 Å². The predicted octanol–water partition coefficient (Wildman–Crippen LogP) is 4.31. The van der Waals surface area contributed by atoms with Crippen molar-refractivity contribution in [3.63, 3.8) is 0 Å². The average Bonchev–Trinajstić information content (AvgIpc) is 2.21. The molecule has 1 rings (SSSR count). The highest BCUT2D eigenvalue weighted by Crippen LogP contribution is 2.32. The van der Waals surface area contributed by atoms with Gasteiger partial charge >= 0.3 is 0 Å². The highest BCUT2D eigenvalue weighted by atomic mass is 31.1. The molecule has 0 amide bonds. The van der Waals surface area contributed by atoms with Crippen LogP contribution in [0, 0.1) is 0 Å². The highest BCUT2D eigenvalue weighted by Gasteiger charge is 2.01. The molecule has 80 valence electrons. The van der Waals surface area contributed by atoms with Crippen molar-refractivity contribution < 1.29 is 4.52 Å². The molecule has 1 nitrogen and oxygen atoms in total. The summed E-state index contributed by atoms with van der Waals surface area (Å²) in [6.07, 6.45) is 1.04. The van der Waals surface area contributed by atoms with Crippen molar-refractivity contribution in [2.45, 2.75) is 27.2 Å². The quantitative estimate of drug-likeness (QED) is 0.678. The van der Waals surface area contributed by atoms with Crippen LogP contribution >= 0.6 is 8.15 Å². The van der Waals surface area contributed by atoms with Crippen molar-refractivity contribution in [3.05, 3.63) is 29.8 Å². The lowest BCUT2D eigenvalue weighted by atomic mass is 10.1. The molecule has 0 unspecified atom stereocenters. The SMILES string of the molecule is CC.CCc1ccccc1OP(C)C. The van der Waals surface area contributed by atoms with Crippen LogP contribution < -0.4 is 4.52 Å². The van der Waals surface area contributed by atoms with E-state index in [0.717, 1.165) is 12.2 Å². The summed E-state index contributed by atoms with van der Waals surface area (Å²) in [5.41, 5.74) is 1.30. The van der Waals surface area contributed by atoms with E-state index in [1.54, 1.807) is 0 Å². The summed E-state index contributed by atoms with van der Waals surface area (Å²) in [4.78, 5) is 0. The number of benzene rings is 1. The van der Waals surface area contributed by atoms with Gasteiger partial charge in [-0.25, -0.2) is 0 Å². The van der Waals surface area contributed by atoms with Crippen LogP contribution in [-0.2, 0) is 6.42 Å². The molecule has 0 atom stereocenters. The number of hydrogen-bond donors (Lipinski definition) is 0. The Morgan fingerprint density at radius 1 is 1.14 bits per heavy atom. The Labute approximate surface area is 89.3 Å². The van der Waals surface area contributed by atoms with Crippen LogP contribution in [0.15, 0.2) is 24.3 Å². The summed E-state index contributed by atoms with van der Waals surface area (Å²) in [6.45, 7) is 10.4. The molecule has 1 aromatic rings. The molecule has 14 heavy (non-hydrogen) atoms. The van der Waals surface area contributed by atoms with Crippen molar-refractivity contribution in [3.8, 4) is 5.75 Å². The fourth-order valence-corrected chi connectivity index (χ4v) is 1.65. The zero-order valence-electron chi connectivity index (χ0n) is 9.87. The normalized spacial score (nSPS) is 9.29. The van der Waals surface area contributed by atoms with Crippen molar-refractivity contribution in [2.75, 3.05) is 13.3 Å². The Bertz CT molecular complexity index is 246. The lowest BCUT2D eigenvalue weighted by molar-refractivity contribution is 0.613. The van der Waals surface area contributed by atoms with Crippen LogP contribution in [0.4, 0.5) is 0 Å². The number of rotatable bonds is 3. The molecule has 2 heteroatoms. The molecule has 0 N–H and O–H groups in total. The number of para-hydroxylation sites is 1. The van der Waals surface area contributed by atoms with Crippen LogP contribution in [0.25, 0.3) is 0 Å². The molecule has 0 bridgehead atoms. The summed E-state index contributed by atoms with van der Waals surface area (Å²) in [6, 6.07) is 8.24. The second kappa shape index (κ2) is 7.82. The van der Waals surface area contributed by atoms with Crippen LogP contribution in [-0.4, -0.2) is 13.3 Å². The first-order valence-corrected chi connectivity index (χ1v) is 7.32. The maximum atomic E-state index is 5.70. The van der Waals surface area contributed by atoms with Gasteiger partial charge in [-0.05, 0) is 31.4 Å². The van der Waals surface area contributed by atoms with E-state index in [-0.39, 0.29) is 8.15 Å². The lowest BCUT2D eigenvalue weighted by Crippen LogP contribution is -1.89. The fourth-order valence-electron chi connectivity index (χ4n) is 1.08. The minimum atomic E-state index is -0.299. The third-order valence-corrected chi connectivity index (χ3v) is 2.20. The molecule has 0 heterocycles. The molecule has 0 saturated heterocycles. The predicted molar refractivity (Wildman–Crippen MR) is 66.6 cm³/mol. The van der Waals surface area contributed by atoms with Crippen LogP contribution in [0.5, 0.6) is 5.75 Å². The molecule has 0 aromatic heterocycles. The maximum Gasteiger partial charge on any atom is 0.126 e. The maximum absolute atomic E-state index is 5.70. The first-order chi connectivity index (χ1) is 6.74. The molecule has 1 aromatic carbocycles. The molecule has 0 radical (unpaired) electrons. The number of hydrogen-bond acceptors (Lipinski definition) is 1. The van der Waals surface area contributed by atoms with Gasteiger partial charge in [0.25, 0.3) is 0 Å². The van der Waals surface area contributed by atoms with Gasteiger partial charge in [-0.15, -0.1) is 0 Å². The molecule has 0 aliphatic carbocycles.